The molecule has 1 aromatic rings. The summed E-state index contributed by atoms with van der Waals surface area (Å²) in [4.78, 5) is 0. The van der Waals surface area contributed by atoms with E-state index >= 15 is 0 Å². The molecule has 0 N–H and O–H groups in total. The Morgan fingerprint density at radius 2 is 1.86 bits per heavy atom. The summed E-state index contributed by atoms with van der Waals surface area (Å²) in [5.74, 6) is 0. The molecule has 0 amide bonds. The molecule has 0 aromatic heterocycles. The van der Waals surface area contributed by atoms with Gasteiger partial charge in [0.05, 0.1) is 20.6 Å². The van der Waals surface area contributed by atoms with Crippen molar-refractivity contribution in [2.24, 2.45) is 0 Å². The van der Waals surface area contributed by atoms with Crippen LogP contribution in [0.2, 0.25) is 0 Å². The minimum Gasteiger partial charge on any atom is -0.319 e. The van der Waals surface area contributed by atoms with Crippen molar-refractivity contribution in [2.75, 3.05) is 20.6 Å². The van der Waals surface area contributed by atoms with Crippen LogP contribution in [0.3, 0.4) is 0 Å². The maximum atomic E-state index is 3.81. The zero-order valence-electron chi connectivity index (χ0n) is 9.40. The molecule has 1 atom stereocenters. The Labute approximate surface area is 87.3 Å². The van der Waals surface area contributed by atoms with Crippen LogP contribution >= 0.6 is 0 Å². The maximum Gasteiger partial charge on any atom is 0.112 e. The van der Waals surface area contributed by atoms with E-state index in [0.717, 1.165) is 11.0 Å². The van der Waals surface area contributed by atoms with Gasteiger partial charge in [0, 0.05) is 5.56 Å². The molecule has 0 aliphatic rings. The molecule has 1 unspecified atom stereocenters. The van der Waals surface area contributed by atoms with Gasteiger partial charge >= 0.3 is 0 Å². The summed E-state index contributed by atoms with van der Waals surface area (Å²) in [5.41, 5.74) is 1.39. The summed E-state index contributed by atoms with van der Waals surface area (Å²) in [6, 6.07) is 11.1. The van der Waals surface area contributed by atoms with Crippen LogP contribution in [0.25, 0.3) is 0 Å². The van der Waals surface area contributed by atoms with E-state index in [1.807, 2.05) is 6.08 Å². The Balaban J connectivity index is 2.84. The molecule has 14 heavy (non-hydrogen) atoms. The van der Waals surface area contributed by atoms with Crippen molar-refractivity contribution in [3.63, 3.8) is 0 Å². The second-order valence-electron chi connectivity index (χ2n) is 4.34. The molecule has 1 heteroatoms. The van der Waals surface area contributed by atoms with Gasteiger partial charge in [-0.25, -0.2) is 0 Å². The SMILES string of the molecule is C=CC[N+](C)(C)C(C)c1ccccc1. The van der Waals surface area contributed by atoms with Gasteiger partial charge in [-0.3, -0.25) is 0 Å². The summed E-state index contributed by atoms with van der Waals surface area (Å²) in [6.45, 7) is 7.07. The molecular formula is C13H20N+. The predicted molar refractivity (Wildman–Crippen MR) is 62.0 cm³/mol. The lowest BCUT2D eigenvalue weighted by atomic mass is 10.1. The number of hydrogen-bond donors (Lipinski definition) is 0. The molecule has 0 radical (unpaired) electrons. The van der Waals surface area contributed by atoms with E-state index in [9.17, 15) is 0 Å². The fourth-order valence-corrected chi connectivity index (χ4v) is 1.63. The van der Waals surface area contributed by atoms with Gasteiger partial charge < -0.3 is 4.48 Å². The Kier molecular flexibility index (Phi) is 3.48. The van der Waals surface area contributed by atoms with Gasteiger partial charge in [0.15, 0.2) is 0 Å². The Morgan fingerprint density at radius 1 is 1.29 bits per heavy atom. The third-order valence-corrected chi connectivity index (χ3v) is 2.93. The standard InChI is InChI=1S/C13H20N/c1-5-11-14(3,4)12(2)13-9-7-6-8-10-13/h5-10,12H,1,11H2,2-4H3/q+1. The van der Waals surface area contributed by atoms with Gasteiger partial charge in [0.1, 0.15) is 6.04 Å². The molecule has 0 aliphatic carbocycles. The number of quaternary nitrogens is 1. The average molecular weight is 190 g/mol. The van der Waals surface area contributed by atoms with Gasteiger partial charge in [-0.15, -0.1) is 0 Å². The van der Waals surface area contributed by atoms with E-state index in [4.69, 9.17) is 0 Å². The molecule has 0 saturated carbocycles. The van der Waals surface area contributed by atoms with Crippen LogP contribution in [0.4, 0.5) is 0 Å². The number of hydrogen-bond acceptors (Lipinski definition) is 0. The molecule has 0 spiro atoms. The lowest BCUT2D eigenvalue weighted by molar-refractivity contribution is -0.913. The molecule has 76 valence electrons. The third-order valence-electron chi connectivity index (χ3n) is 2.93. The topological polar surface area (TPSA) is 0 Å². The number of benzene rings is 1. The monoisotopic (exact) mass is 190 g/mol. The molecule has 0 bridgehead atoms. The van der Waals surface area contributed by atoms with Crippen molar-refractivity contribution < 1.29 is 4.48 Å². The summed E-state index contributed by atoms with van der Waals surface area (Å²) in [5, 5.41) is 0. The van der Waals surface area contributed by atoms with Crippen LogP contribution < -0.4 is 0 Å². The first-order chi connectivity index (χ1) is 6.58. The second kappa shape index (κ2) is 4.43. The minimum absolute atomic E-state index is 0.509. The smallest absolute Gasteiger partial charge is 0.112 e. The quantitative estimate of drug-likeness (QED) is 0.506. The Bertz CT molecular complexity index is 287. The van der Waals surface area contributed by atoms with Crippen LogP contribution in [0.15, 0.2) is 43.0 Å². The lowest BCUT2D eigenvalue weighted by Gasteiger charge is -2.35. The van der Waals surface area contributed by atoms with E-state index in [1.165, 1.54) is 5.56 Å². The van der Waals surface area contributed by atoms with Crippen LogP contribution in [0.1, 0.15) is 18.5 Å². The summed E-state index contributed by atoms with van der Waals surface area (Å²) >= 11 is 0. The normalized spacial score (nSPS) is 13.6. The van der Waals surface area contributed by atoms with Crippen molar-refractivity contribution in [3.05, 3.63) is 48.6 Å². The molecule has 1 rings (SSSR count). The van der Waals surface area contributed by atoms with Gasteiger partial charge in [-0.2, -0.15) is 0 Å². The zero-order chi connectivity index (χ0) is 10.6. The Hall–Kier alpha value is -1.08. The van der Waals surface area contributed by atoms with Crippen molar-refractivity contribution in [1.29, 1.82) is 0 Å². The fraction of sp³-hybridized carbons (Fsp3) is 0.385. The zero-order valence-corrected chi connectivity index (χ0v) is 9.40. The molecule has 0 saturated heterocycles. The summed E-state index contributed by atoms with van der Waals surface area (Å²) in [7, 11) is 4.47. The lowest BCUT2D eigenvalue weighted by Crippen LogP contribution is -2.41. The molecule has 0 aliphatic heterocycles. The fourth-order valence-electron chi connectivity index (χ4n) is 1.63. The van der Waals surface area contributed by atoms with Gasteiger partial charge in [-0.05, 0) is 13.0 Å². The summed E-state index contributed by atoms with van der Waals surface area (Å²) < 4.78 is 0.952. The van der Waals surface area contributed by atoms with Gasteiger partial charge in [-0.1, -0.05) is 36.9 Å². The van der Waals surface area contributed by atoms with Gasteiger partial charge in [0.2, 0.25) is 0 Å². The first kappa shape index (κ1) is 11.0. The minimum atomic E-state index is 0.509. The maximum absolute atomic E-state index is 3.81. The van der Waals surface area contributed by atoms with Crippen LogP contribution in [0.5, 0.6) is 0 Å². The molecule has 0 heterocycles. The van der Waals surface area contributed by atoms with E-state index < -0.39 is 0 Å². The third kappa shape index (κ3) is 2.46. The highest BCUT2D eigenvalue weighted by Crippen LogP contribution is 2.23. The first-order valence-electron chi connectivity index (χ1n) is 5.06. The molecule has 1 nitrogen and oxygen atoms in total. The average Bonchev–Trinajstić information content (AvgIpc) is 2.18. The van der Waals surface area contributed by atoms with Crippen LogP contribution in [-0.4, -0.2) is 25.1 Å². The van der Waals surface area contributed by atoms with E-state index in [1.54, 1.807) is 0 Å². The number of likely N-dealkylation sites (N-methyl/N-ethyl adjacent to an activating group) is 1. The number of rotatable bonds is 4. The van der Waals surface area contributed by atoms with E-state index in [2.05, 4.69) is 57.9 Å². The Morgan fingerprint density at radius 3 is 2.36 bits per heavy atom. The van der Waals surface area contributed by atoms with E-state index in [0.29, 0.717) is 6.04 Å². The van der Waals surface area contributed by atoms with Crippen molar-refractivity contribution in [3.8, 4) is 0 Å². The molecule has 0 fully saturated rings. The highest BCUT2D eigenvalue weighted by Gasteiger charge is 2.23. The highest BCUT2D eigenvalue weighted by atomic mass is 15.3. The summed E-state index contributed by atoms with van der Waals surface area (Å²) in [6.07, 6.45) is 1.99. The van der Waals surface area contributed by atoms with Gasteiger partial charge in [0.25, 0.3) is 0 Å². The van der Waals surface area contributed by atoms with Crippen molar-refractivity contribution >= 4 is 0 Å². The first-order valence-corrected chi connectivity index (χ1v) is 5.06. The number of nitrogens with zero attached hydrogens (tertiary/aromatic N) is 1. The van der Waals surface area contributed by atoms with Crippen molar-refractivity contribution in [2.45, 2.75) is 13.0 Å². The predicted octanol–water partition coefficient (Wildman–Crippen LogP) is 3.01. The molecular weight excluding hydrogens is 170 g/mol. The largest absolute Gasteiger partial charge is 0.319 e. The van der Waals surface area contributed by atoms with E-state index in [-0.39, 0.29) is 0 Å². The van der Waals surface area contributed by atoms with Crippen LogP contribution in [-0.2, 0) is 0 Å². The van der Waals surface area contributed by atoms with Crippen LogP contribution in [0, 0.1) is 0 Å². The van der Waals surface area contributed by atoms with Crippen molar-refractivity contribution in [1.82, 2.24) is 0 Å². The molecule has 1 aromatic carbocycles. The second-order valence-corrected chi connectivity index (χ2v) is 4.34. The highest BCUT2D eigenvalue weighted by molar-refractivity contribution is 5.16.